The SMILES string of the molecule is CC(C)(C)OC(=O)NC(C(=O)NCC(=O)c1ccc(C#Cc2ccc(C(=O)CNC(=O)C(NC(=O)OC(C)(C)C)C(C)(C)C)cc2)cc1)C(C)(C)C. The number of amides is 4. The van der Waals surface area contributed by atoms with Crippen LogP contribution in [0, 0.1) is 22.7 Å². The van der Waals surface area contributed by atoms with E-state index in [-0.39, 0.29) is 24.7 Å². The highest BCUT2D eigenvalue weighted by molar-refractivity contribution is 6.01. The van der Waals surface area contributed by atoms with Gasteiger partial charge < -0.3 is 30.7 Å². The first kappa shape index (κ1) is 43.0. The first-order chi connectivity index (χ1) is 23.7. The molecule has 0 aliphatic carbocycles. The fraction of sp³-hybridized carbons (Fsp3) is 0.500. The van der Waals surface area contributed by atoms with Gasteiger partial charge in [-0.25, -0.2) is 9.59 Å². The molecule has 0 radical (unpaired) electrons. The van der Waals surface area contributed by atoms with Crippen molar-refractivity contribution in [3.05, 3.63) is 70.8 Å². The number of rotatable bonds is 10. The molecule has 12 nitrogen and oxygen atoms in total. The van der Waals surface area contributed by atoms with Crippen LogP contribution in [-0.2, 0) is 19.1 Å². The summed E-state index contributed by atoms with van der Waals surface area (Å²) in [5.74, 6) is 4.39. The number of ether oxygens (including phenoxy) is 2. The van der Waals surface area contributed by atoms with Crippen LogP contribution in [0.3, 0.4) is 0 Å². The first-order valence-electron chi connectivity index (χ1n) is 17.1. The van der Waals surface area contributed by atoms with E-state index in [1.165, 1.54) is 0 Å². The lowest BCUT2D eigenvalue weighted by Gasteiger charge is -2.31. The fourth-order valence-corrected chi connectivity index (χ4v) is 4.57. The van der Waals surface area contributed by atoms with Crippen LogP contribution in [0.25, 0.3) is 0 Å². The van der Waals surface area contributed by atoms with Crippen molar-refractivity contribution in [2.24, 2.45) is 10.8 Å². The quantitative estimate of drug-likeness (QED) is 0.183. The van der Waals surface area contributed by atoms with E-state index in [1.807, 2.05) is 0 Å². The van der Waals surface area contributed by atoms with Gasteiger partial charge in [-0.2, -0.15) is 0 Å². The molecule has 2 aromatic carbocycles. The minimum absolute atomic E-state index is 0.263. The van der Waals surface area contributed by atoms with Gasteiger partial charge in [-0.3, -0.25) is 19.2 Å². The number of ketones is 2. The number of alkyl carbamates (subject to hydrolysis) is 2. The molecule has 0 spiro atoms. The summed E-state index contributed by atoms with van der Waals surface area (Å²) in [5, 5.41) is 10.4. The molecule has 0 saturated carbocycles. The summed E-state index contributed by atoms with van der Waals surface area (Å²) in [4.78, 5) is 76.1. The van der Waals surface area contributed by atoms with Crippen molar-refractivity contribution < 1.29 is 38.2 Å². The van der Waals surface area contributed by atoms with Gasteiger partial charge in [0.25, 0.3) is 0 Å². The van der Waals surface area contributed by atoms with Gasteiger partial charge >= 0.3 is 12.2 Å². The van der Waals surface area contributed by atoms with Gasteiger partial charge in [-0.05, 0) is 76.6 Å². The number of hydrogen-bond acceptors (Lipinski definition) is 8. The molecule has 0 aliphatic heterocycles. The largest absolute Gasteiger partial charge is 0.444 e. The van der Waals surface area contributed by atoms with E-state index in [0.29, 0.717) is 22.3 Å². The lowest BCUT2D eigenvalue weighted by Crippen LogP contribution is -2.55. The average molecular weight is 719 g/mol. The molecule has 12 heteroatoms. The summed E-state index contributed by atoms with van der Waals surface area (Å²) in [5.41, 5.74) is -0.700. The van der Waals surface area contributed by atoms with Crippen molar-refractivity contribution in [2.45, 2.75) is 106 Å². The Labute approximate surface area is 307 Å². The zero-order valence-corrected chi connectivity index (χ0v) is 32.5. The predicted octanol–water partition coefficient (Wildman–Crippen LogP) is 5.56. The molecular weight excluding hydrogens is 664 g/mol. The standard InChI is InChI=1S/C40H54N4O8/c1-37(2,3)31(43-35(49)51-39(7,8)9)33(47)41-23-29(45)27-19-15-25(16-20-27)13-14-26-17-21-28(22-18-26)30(46)24-42-34(48)32(38(4,5)6)44-36(50)52-40(10,11)12/h15-22,31-32H,23-24H2,1-12H3,(H,41,47)(H,42,48)(H,43,49)(H,44,50). The Morgan fingerprint density at radius 1 is 0.519 bits per heavy atom. The number of benzene rings is 2. The van der Waals surface area contributed by atoms with Crippen LogP contribution in [0.1, 0.15) is 115 Å². The predicted molar refractivity (Wildman–Crippen MR) is 199 cm³/mol. The molecule has 0 saturated heterocycles. The van der Waals surface area contributed by atoms with Gasteiger partial charge in [0.15, 0.2) is 11.6 Å². The fourth-order valence-electron chi connectivity index (χ4n) is 4.57. The Hall–Kier alpha value is -5.18. The van der Waals surface area contributed by atoms with Gasteiger partial charge in [0.05, 0.1) is 13.1 Å². The molecule has 4 amide bonds. The molecule has 0 fully saturated rings. The summed E-state index contributed by atoms with van der Waals surface area (Å²) >= 11 is 0. The van der Waals surface area contributed by atoms with E-state index >= 15 is 0 Å². The second-order valence-corrected chi connectivity index (χ2v) is 16.6. The van der Waals surface area contributed by atoms with Crippen molar-refractivity contribution in [3.8, 4) is 11.8 Å². The zero-order valence-electron chi connectivity index (χ0n) is 32.5. The maximum atomic E-state index is 12.9. The molecule has 4 N–H and O–H groups in total. The van der Waals surface area contributed by atoms with Gasteiger partial charge in [0, 0.05) is 22.3 Å². The normalized spacial score (nSPS) is 12.9. The van der Waals surface area contributed by atoms with E-state index in [2.05, 4.69) is 33.1 Å². The summed E-state index contributed by atoms with van der Waals surface area (Å²) < 4.78 is 10.6. The van der Waals surface area contributed by atoms with Crippen LogP contribution < -0.4 is 21.3 Å². The lowest BCUT2D eigenvalue weighted by atomic mass is 9.86. The number of carbonyl (C=O) groups is 6. The van der Waals surface area contributed by atoms with Gasteiger partial charge in [-0.15, -0.1) is 0 Å². The summed E-state index contributed by atoms with van der Waals surface area (Å²) in [6.45, 7) is 20.6. The molecule has 2 rings (SSSR count). The van der Waals surface area contributed by atoms with Crippen LogP contribution in [0.4, 0.5) is 9.59 Å². The van der Waals surface area contributed by atoms with E-state index in [0.717, 1.165) is 0 Å². The third kappa shape index (κ3) is 15.0. The Bertz CT molecular complexity index is 1550. The van der Waals surface area contributed by atoms with Crippen LogP contribution >= 0.6 is 0 Å². The average Bonchev–Trinajstić information content (AvgIpc) is 3.00. The van der Waals surface area contributed by atoms with Gasteiger partial charge in [-0.1, -0.05) is 77.6 Å². The first-order valence-corrected chi connectivity index (χ1v) is 17.1. The summed E-state index contributed by atoms with van der Waals surface area (Å²) in [6.07, 6.45) is -1.45. The van der Waals surface area contributed by atoms with Crippen molar-refractivity contribution in [1.29, 1.82) is 0 Å². The maximum Gasteiger partial charge on any atom is 0.408 e. The number of nitrogens with one attached hydrogen (secondary N) is 4. The lowest BCUT2D eigenvalue weighted by molar-refractivity contribution is -0.126. The van der Waals surface area contributed by atoms with Crippen molar-refractivity contribution in [1.82, 2.24) is 21.3 Å². The Balaban J connectivity index is 1.97. The molecule has 52 heavy (non-hydrogen) atoms. The van der Waals surface area contributed by atoms with Crippen LogP contribution in [0.2, 0.25) is 0 Å². The molecule has 0 aliphatic rings. The van der Waals surface area contributed by atoms with Crippen LogP contribution in [0.5, 0.6) is 0 Å². The van der Waals surface area contributed by atoms with E-state index < -0.39 is 58.1 Å². The summed E-state index contributed by atoms with van der Waals surface area (Å²) in [6, 6.07) is 11.3. The van der Waals surface area contributed by atoms with Gasteiger partial charge in [0.2, 0.25) is 11.8 Å². The highest BCUT2D eigenvalue weighted by Gasteiger charge is 2.35. The number of carbonyl (C=O) groups excluding carboxylic acids is 6. The molecule has 2 unspecified atom stereocenters. The smallest absolute Gasteiger partial charge is 0.408 e. The van der Waals surface area contributed by atoms with E-state index in [1.54, 1.807) is 132 Å². The van der Waals surface area contributed by atoms with Crippen molar-refractivity contribution >= 4 is 35.6 Å². The molecule has 0 aromatic heterocycles. The molecular formula is C40H54N4O8. The second-order valence-electron chi connectivity index (χ2n) is 16.6. The molecule has 2 aromatic rings. The molecule has 0 bridgehead atoms. The van der Waals surface area contributed by atoms with Crippen LogP contribution in [-0.4, -0.2) is 71.9 Å². The Morgan fingerprint density at radius 2 is 0.808 bits per heavy atom. The Morgan fingerprint density at radius 3 is 1.06 bits per heavy atom. The van der Waals surface area contributed by atoms with Crippen molar-refractivity contribution in [3.63, 3.8) is 0 Å². The number of Topliss-reactive ketones (excluding diaryl/α,β-unsaturated/α-hetero) is 2. The minimum Gasteiger partial charge on any atom is -0.444 e. The monoisotopic (exact) mass is 718 g/mol. The number of hydrogen-bond donors (Lipinski definition) is 4. The van der Waals surface area contributed by atoms with E-state index in [4.69, 9.17) is 9.47 Å². The van der Waals surface area contributed by atoms with Gasteiger partial charge in [0.1, 0.15) is 23.3 Å². The third-order valence-electron chi connectivity index (χ3n) is 7.19. The minimum atomic E-state index is -0.929. The maximum absolute atomic E-state index is 12.9. The summed E-state index contributed by atoms with van der Waals surface area (Å²) in [7, 11) is 0. The molecule has 2 atom stereocenters. The van der Waals surface area contributed by atoms with Crippen molar-refractivity contribution in [2.75, 3.05) is 13.1 Å². The van der Waals surface area contributed by atoms with Crippen LogP contribution in [0.15, 0.2) is 48.5 Å². The second kappa shape index (κ2) is 17.4. The van der Waals surface area contributed by atoms with E-state index in [9.17, 15) is 28.8 Å². The molecule has 282 valence electrons. The molecule has 0 heterocycles. The zero-order chi connectivity index (χ0) is 39.7. The topological polar surface area (TPSA) is 169 Å². The third-order valence-corrected chi connectivity index (χ3v) is 7.19. The highest BCUT2D eigenvalue weighted by atomic mass is 16.6. The Kier molecular flexibility index (Phi) is 14.3. The highest BCUT2D eigenvalue weighted by Crippen LogP contribution is 2.21.